The minimum absolute atomic E-state index is 0.0239. The van der Waals surface area contributed by atoms with E-state index in [0.29, 0.717) is 39.2 Å². The van der Waals surface area contributed by atoms with Gasteiger partial charge in [-0.1, -0.05) is 57.2 Å². The Labute approximate surface area is 344 Å². The number of nitrogens with one attached hydrogen (secondary N) is 2. The molecule has 312 valence electrons. The zero-order valence-electron chi connectivity index (χ0n) is 33.9. The lowest BCUT2D eigenvalue weighted by molar-refractivity contribution is -0.142. The Hall–Kier alpha value is -5.26. The number of ether oxygens (including phenoxy) is 3. The number of methoxy groups -OCH3 is 1. The van der Waals surface area contributed by atoms with Crippen LogP contribution in [0, 0.1) is 17.2 Å². The molecule has 0 spiro atoms. The van der Waals surface area contributed by atoms with Gasteiger partial charge in [0.25, 0.3) is 0 Å². The third-order valence-electron chi connectivity index (χ3n) is 11.7. The summed E-state index contributed by atoms with van der Waals surface area (Å²) in [4.78, 5) is 60.6. The first-order valence-corrected chi connectivity index (χ1v) is 21.9. The monoisotopic (exact) mass is 826 g/mol. The molecule has 3 aromatic carbocycles. The predicted molar refractivity (Wildman–Crippen MR) is 222 cm³/mol. The van der Waals surface area contributed by atoms with Gasteiger partial charge in [-0.2, -0.15) is 0 Å². The molecule has 2 saturated carbocycles. The molecule has 7 rings (SSSR count). The second kappa shape index (κ2) is 16.8. The second-order valence-electron chi connectivity index (χ2n) is 16.9. The number of carbonyl (C=O) groups is 3. The summed E-state index contributed by atoms with van der Waals surface area (Å²) in [5, 5.41) is 4.91. The van der Waals surface area contributed by atoms with Gasteiger partial charge in [0, 0.05) is 35.4 Å². The van der Waals surface area contributed by atoms with Gasteiger partial charge in [-0.15, -0.1) is 6.58 Å². The lowest BCUT2D eigenvalue weighted by Crippen LogP contribution is -2.58. The maximum absolute atomic E-state index is 14.8. The quantitative estimate of drug-likeness (QED) is 0.0899. The number of rotatable bonds is 13. The van der Waals surface area contributed by atoms with Crippen LogP contribution in [0.1, 0.15) is 64.9 Å². The van der Waals surface area contributed by atoms with Crippen molar-refractivity contribution in [2.75, 3.05) is 13.7 Å². The highest BCUT2D eigenvalue weighted by Crippen LogP contribution is 2.70. The molecule has 14 heteroatoms. The van der Waals surface area contributed by atoms with Crippen molar-refractivity contribution in [3.63, 3.8) is 0 Å². The van der Waals surface area contributed by atoms with E-state index in [0.717, 1.165) is 25.7 Å². The number of hydrogen-bond donors (Lipinski definition) is 3. The van der Waals surface area contributed by atoms with Crippen LogP contribution in [0.4, 0.5) is 9.18 Å². The fourth-order valence-electron chi connectivity index (χ4n) is 8.30. The summed E-state index contributed by atoms with van der Waals surface area (Å²) in [6, 6.07) is 19.7. The Morgan fingerprint density at radius 3 is 2.41 bits per heavy atom. The Morgan fingerprint density at radius 1 is 1.05 bits per heavy atom. The van der Waals surface area contributed by atoms with Crippen molar-refractivity contribution in [2.24, 2.45) is 11.3 Å². The van der Waals surface area contributed by atoms with Crippen LogP contribution in [0.25, 0.3) is 22.2 Å². The molecule has 3 fully saturated rings. The maximum atomic E-state index is 14.8. The Kier molecular flexibility index (Phi) is 11.9. The number of aromatic nitrogens is 1. The van der Waals surface area contributed by atoms with Crippen molar-refractivity contribution in [2.45, 2.75) is 95.0 Å². The van der Waals surface area contributed by atoms with Crippen molar-refractivity contribution in [1.29, 1.82) is 0 Å². The van der Waals surface area contributed by atoms with Crippen molar-refractivity contribution in [3.05, 3.63) is 103 Å². The second-order valence-corrected chi connectivity index (χ2v) is 19.5. The third-order valence-corrected chi connectivity index (χ3v) is 14.4. The molecule has 0 radical (unpaired) electrons. The average molecular weight is 827 g/mol. The van der Waals surface area contributed by atoms with Crippen molar-refractivity contribution in [3.8, 4) is 22.8 Å². The van der Waals surface area contributed by atoms with Crippen molar-refractivity contribution >= 4 is 36.2 Å². The molecule has 59 heavy (non-hydrogen) atoms. The van der Waals surface area contributed by atoms with E-state index in [9.17, 15) is 28.2 Å². The zero-order chi connectivity index (χ0) is 42.1. The number of carbonyl (C=O) groups excluding carboxylic acids is 3. The van der Waals surface area contributed by atoms with E-state index in [1.807, 2.05) is 26.8 Å². The van der Waals surface area contributed by atoms with Gasteiger partial charge >= 0.3 is 6.09 Å². The smallest absolute Gasteiger partial charge is 0.408 e. The molecule has 0 bridgehead atoms. The lowest BCUT2D eigenvalue weighted by Gasteiger charge is -2.36. The summed E-state index contributed by atoms with van der Waals surface area (Å²) in [5.74, 6) is -1.03. The maximum Gasteiger partial charge on any atom is 0.408 e. The number of alkyl carbamates (subject to hydrolysis) is 1. The zero-order valence-corrected chi connectivity index (χ0v) is 34.8. The largest absolute Gasteiger partial charge is 0.497 e. The number of benzene rings is 3. The topological polar surface area (TPSA) is 156 Å². The van der Waals surface area contributed by atoms with Crippen molar-refractivity contribution < 1.29 is 42.4 Å². The summed E-state index contributed by atoms with van der Waals surface area (Å²) in [7, 11) is -2.54. The number of fused-ring (bicyclic) bond motifs is 1. The van der Waals surface area contributed by atoms with Gasteiger partial charge in [-0.05, 0) is 79.5 Å². The molecular formula is C45H52FN4O8P. The van der Waals surface area contributed by atoms with Crippen LogP contribution in [0.15, 0.2) is 91.5 Å². The number of halogens is 1. The van der Waals surface area contributed by atoms with E-state index in [-0.39, 0.29) is 31.7 Å². The summed E-state index contributed by atoms with van der Waals surface area (Å²) < 4.78 is 46.0. The van der Waals surface area contributed by atoms with Gasteiger partial charge in [0.1, 0.15) is 46.9 Å². The minimum atomic E-state index is -4.09. The normalized spacial score (nSPS) is 23.2. The lowest BCUT2D eigenvalue weighted by atomic mass is 9.85. The molecular weight excluding hydrogens is 774 g/mol. The Bertz CT molecular complexity index is 2260. The van der Waals surface area contributed by atoms with Crippen LogP contribution in [0.2, 0.25) is 0 Å². The summed E-state index contributed by atoms with van der Waals surface area (Å²) in [5.41, 5.74) is 1.53. The van der Waals surface area contributed by atoms with Crippen LogP contribution in [0.3, 0.4) is 0 Å². The van der Waals surface area contributed by atoms with Gasteiger partial charge in [-0.25, -0.2) is 14.2 Å². The molecule has 1 aromatic heterocycles. The van der Waals surface area contributed by atoms with Crippen LogP contribution >= 0.6 is 7.37 Å². The molecule has 3 aliphatic rings. The minimum Gasteiger partial charge on any atom is -0.497 e. The van der Waals surface area contributed by atoms with E-state index in [1.165, 1.54) is 17.0 Å². The van der Waals surface area contributed by atoms with E-state index >= 15 is 0 Å². The molecule has 12 nitrogen and oxygen atoms in total. The van der Waals surface area contributed by atoms with E-state index < -0.39 is 65.9 Å². The molecule has 4 aromatic rings. The van der Waals surface area contributed by atoms with E-state index in [4.69, 9.17) is 19.2 Å². The molecule has 2 aliphatic carbocycles. The fourth-order valence-corrected chi connectivity index (χ4v) is 10.7. The molecule has 3 amide bonds. The summed E-state index contributed by atoms with van der Waals surface area (Å²) >= 11 is 0. The third kappa shape index (κ3) is 9.01. The summed E-state index contributed by atoms with van der Waals surface area (Å²) in [6.07, 6.45) is 3.38. The highest BCUT2D eigenvalue weighted by atomic mass is 31.2. The van der Waals surface area contributed by atoms with Gasteiger partial charge in [0.15, 0.2) is 0 Å². The van der Waals surface area contributed by atoms with Crippen LogP contribution < -0.4 is 20.1 Å². The number of pyridine rings is 1. The first-order valence-electron chi connectivity index (χ1n) is 20.1. The summed E-state index contributed by atoms with van der Waals surface area (Å²) in [6.45, 7) is 9.28. The SMILES string of the molecule is C=C[C@@H]1C[C@]1(NC(=O)[C@@H]1C[C@@H](Oc2cc(-c3ccc(F)cc3)nc3cc(OC)ccc23)CN1C(=O)C(NC(=O)OC1CCCC1)C(C)(C)C)P(=O)(O)Cc1ccccc1. The first kappa shape index (κ1) is 41.9. The van der Waals surface area contributed by atoms with Gasteiger partial charge in [-0.3, -0.25) is 14.2 Å². The highest BCUT2D eigenvalue weighted by molar-refractivity contribution is 7.59. The molecule has 6 atom stereocenters. The average Bonchev–Trinajstić information content (AvgIpc) is 3.46. The van der Waals surface area contributed by atoms with E-state index in [2.05, 4.69) is 17.2 Å². The first-order chi connectivity index (χ1) is 28.1. The number of nitrogens with zero attached hydrogens (tertiary/aromatic N) is 2. The number of amides is 3. The Morgan fingerprint density at radius 2 is 1.76 bits per heavy atom. The van der Waals surface area contributed by atoms with Crippen LogP contribution in [0.5, 0.6) is 11.5 Å². The predicted octanol–water partition coefficient (Wildman–Crippen LogP) is 7.97. The number of likely N-dealkylation sites (tertiary alicyclic amines) is 1. The highest BCUT2D eigenvalue weighted by Gasteiger charge is 2.65. The molecule has 1 saturated heterocycles. The van der Waals surface area contributed by atoms with Gasteiger partial charge in [0.2, 0.25) is 19.2 Å². The molecule has 1 aliphatic heterocycles. The van der Waals surface area contributed by atoms with Crippen LogP contribution in [-0.2, 0) is 25.1 Å². The van der Waals surface area contributed by atoms with Gasteiger partial charge in [0.05, 0.1) is 31.0 Å². The number of hydrogen-bond acceptors (Lipinski definition) is 8. The molecule has 3 N–H and O–H groups in total. The fraction of sp³-hybridized carbons (Fsp3) is 0.422. The standard InChI is InChI=1S/C45H52FN4O8P/c1-6-30-25-45(30,59(54,55)27-28-12-8-7-9-13-28)49-41(51)38-23-34(26-50(38)42(52)40(44(2,3)4)48-43(53)58-32-14-10-11-15-32)57-39-24-36(29-16-18-31(46)19-17-29)47-37-22-33(56-5)20-21-35(37)39/h6-9,12-13,16-22,24,30,32,34,38,40H,1,10-11,14-15,23,25-27H2,2-5H3,(H,48,53)(H,49,51)(H,54,55)/t30-,34-,38+,40?,45+/m1/s1. The van der Waals surface area contributed by atoms with Gasteiger partial charge < -0.3 is 34.6 Å². The van der Waals surface area contributed by atoms with Crippen LogP contribution in [-0.4, -0.2) is 75.9 Å². The Balaban J connectivity index is 1.22. The van der Waals surface area contributed by atoms with E-state index in [1.54, 1.807) is 73.8 Å². The van der Waals surface area contributed by atoms with Crippen molar-refractivity contribution in [1.82, 2.24) is 20.5 Å². The molecule has 2 heterocycles. The molecule has 2 unspecified atom stereocenters.